The minimum Gasteiger partial charge on any atom is -0.496 e. The van der Waals surface area contributed by atoms with E-state index < -0.39 is 0 Å². The summed E-state index contributed by atoms with van der Waals surface area (Å²) >= 11 is 0. The maximum atomic E-state index is 10.1. The summed E-state index contributed by atoms with van der Waals surface area (Å²) in [5, 5.41) is 2.65. The molecule has 0 unspecified atom stereocenters. The standard InChI is InChI=1S/C14H19NO2/c1-11(2)8-13-5-4-12(6-7-15-10-16)9-14(13)17-3/h4-5,9-10H,1,6-8H2,2-3H3,(H,15,16). The number of carbonyl (C=O) groups excluding carboxylic acids is 1. The zero-order chi connectivity index (χ0) is 12.7. The molecule has 0 fully saturated rings. The highest BCUT2D eigenvalue weighted by Gasteiger charge is 2.04. The smallest absolute Gasteiger partial charge is 0.207 e. The summed E-state index contributed by atoms with van der Waals surface area (Å²) in [4.78, 5) is 10.1. The van der Waals surface area contributed by atoms with Crippen LogP contribution in [0.4, 0.5) is 0 Å². The number of allylic oxidation sites excluding steroid dienone is 1. The van der Waals surface area contributed by atoms with Crippen LogP contribution >= 0.6 is 0 Å². The van der Waals surface area contributed by atoms with E-state index in [1.807, 2.05) is 13.0 Å². The Morgan fingerprint density at radius 3 is 2.88 bits per heavy atom. The molecule has 3 nitrogen and oxygen atoms in total. The molecule has 0 spiro atoms. The van der Waals surface area contributed by atoms with E-state index in [1.165, 1.54) is 0 Å². The Hall–Kier alpha value is -1.77. The Morgan fingerprint density at radius 2 is 2.29 bits per heavy atom. The van der Waals surface area contributed by atoms with Crippen LogP contribution in [0.2, 0.25) is 0 Å². The van der Waals surface area contributed by atoms with Crippen molar-refractivity contribution in [3.8, 4) is 5.75 Å². The molecular formula is C14H19NO2. The molecule has 3 heteroatoms. The maximum absolute atomic E-state index is 10.1. The zero-order valence-corrected chi connectivity index (χ0v) is 10.5. The fourth-order valence-corrected chi connectivity index (χ4v) is 1.69. The van der Waals surface area contributed by atoms with Crippen molar-refractivity contribution in [1.82, 2.24) is 5.32 Å². The predicted octanol–water partition coefficient (Wildman–Crippen LogP) is 2.10. The van der Waals surface area contributed by atoms with E-state index in [4.69, 9.17) is 4.74 Å². The van der Waals surface area contributed by atoms with Crippen LogP contribution in [0.3, 0.4) is 0 Å². The fraction of sp³-hybridized carbons (Fsp3) is 0.357. The Balaban J connectivity index is 2.76. The molecule has 0 radical (unpaired) electrons. The predicted molar refractivity (Wildman–Crippen MR) is 69.3 cm³/mol. The van der Waals surface area contributed by atoms with E-state index in [-0.39, 0.29) is 0 Å². The van der Waals surface area contributed by atoms with Gasteiger partial charge in [0, 0.05) is 6.54 Å². The van der Waals surface area contributed by atoms with Gasteiger partial charge >= 0.3 is 0 Å². The number of carbonyl (C=O) groups is 1. The number of nitrogens with one attached hydrogen (secondary N) is 1. The van der Waals surface area contributed by atoms with Gasteiger partial charge in [-0.05, 0) is 37.0 Å². The van der Waals surface area contributed by atoms with Gasteiger partial charge in [0.1, 0.15) is 5.75 Å². The molecule has 0 aromatic heterocycles. The Morgan fingerprint density at radius 1 is 1.53 bits per heavy atom. The number of rotatable bonds is 7. The topological polar surface area (TPSA) is 38.3 Å². The first-order chi connectivity index (χ1) is 8.17. The molecule has 17 heavy (non-hydrogen) atoms. The molecule has 0 aliphatic heterocycles. The molecule has 0 aliphatic carbocycles. The zero-order valence-electron chi connectivity index (χ0n) is 10.5. The van der Waals surface area contributed by atoms with Gasteiger partial charge in [0.2, 0.25) is 6.41 Å². The van der Waals surface area contributed by atoms with E-state index in [2.05, 4.69) is 24.0 Å². The summed E-state index contributed by atoms with van der Waals surface area (Å²) in [6.45, 7) is 6.55. The quantitative estimate of drug-likeness (QED) is 0.445. The van der Waals surface area contributed by atoms with Gasteiger partial charge < -0.3 is 10.1 Å². The van der Waals surface area contributed by atoms with Gasteiger partial charge in [-0.25, -0.2) is 0 Å². The summed E-state index contributed by atoms with van der Waals surface area (Å²) in [6, 6.07) is 6.14. The number of hydrogen-bond donors (Lipinski definition) is 1. The number of methoxy groups -OCH3 is 1. The Bertz CT molecular complexity index is 399. The summed E-state index contributed by atoms with van der Waals surface area (Å²) < 4.78 is 5.36. The third-order valence-electron chi connectivity index (χ3n) is 2.49. The van der Waals surface area contributed by atoms with E-state index in [9.17, 15) is 4.79 Å². The molecular weight excluding hydrogens is 214 g/mol. The summed E-state index contributed by atoms with van der Waals surface area (Å²) in [5.74, 6) is 0.886. The minimum atomic E-state index is 0.645. The SMILES string of the molecule is C=C(C)Cc1ccc(CCNC=O)cc1OC. The second-order valence-electron chi connectivity index (χ2n) is 4.10. The van der Waals surface area contributed by atoms with E-state index in [1.54, 1.807) is 7.11 Å². The monoisotopic (exact) mass is 233 g/mol. The van der Waals surface area contributed by atoms with Gasteiger partial charge in [0.05, 0.1) is 7.11 Å². The van der Waals surface area contributed by atoms with Crippen LogP contribution in [0.15, 0.2) is 30.4 Å². The van der Waals surface area contributed by atoms with Crippen LogP contribution in [-0.4, -0.2) is 20.1 Å². The van der Waals surface area contributed by atoms with Crippen molar-refractivity contribution in [2.45, 2.75) is 19.8 Å². The van der Waals surface area contributed by atoms with Gasteiger partial charge in [0.15, 0.2) is 0 Å². The molecule has 1 amide bonds. The lowest BCUT2D eigenvalue weighted by molar-refractivity contribution is -0.109. The second kappa shape index (κ2) is 6.74. The molecule has 0 saturated carbocycles. The maximum Gasteiger partial charge on any atom is 0.207 e. The van der Waals surface area contributed by atoms with Crippen molar-refractivity contribution in [2.24, 2.45) is 0 Å². The Labute approximate surface area is 102 Å². The first-order valence-electron chi connectivity index (χ1n) is 5.64. The molecule has 1 aromatic rings. The third kappa shape index (κ3) is 4.31. The van der Waals surface area contributed by atoms with Crippen LogP contribution < -0.4 is 10.1 Å². The van der Waals surface area contributed by atoms with Crippen LogP contribution in [-0.2, 0) is 17.6 Å². The fourth-order valence-electron chi connectivity index (χ4n) is 1.69. The number of ether oxygens (including phenoxy) is 1. The highest BCUT2D eigenvalue weighted by atomic mass is 16.5. The van der Waals surface area contributed by atoms with Gasteiger partial charge in [-0.1, -0.05) is 24.3 Å². The summed E-state index contributed by atoms with van der Waals surface area (Å²) in [6.07, 6.45) is 2.35. The lowest BCUT2D eigenvalue weighted by Gasteiger charge is -2.10. The number of benzene rings is 1. The molecule has 1 aromatic carbocycles. The Kier molecular flexibility index (Phi) is 5.27. The summed E-state index contributed by atoms with van der Waals surface area (Å²) in [5.41, 5.74) is 3.41. The molecule has 0 saturated heterocycles. The van der Waals surface area contributed by atoms with Crippen LogP contribution in [0.1, 0.15) is 18.1 Å². The van der Waals surface area contributed by atoms with Crippen molar-refractivity contribution in [1.29, 1.82) is 0 Å². The lowest BCUT2D eigenvalue weighted by Crippen LogP contribution is -2.14. The summed E-state index contributed by atoms with van der Waals surface area (Å²) in [7, 11) is 1.67. The number of hydrogen-bond acceptors (Lipinski definition) is 2. The lowest BCUT2D eigenvalue weighted by atomic mass is 10.0. The van der Waals surface area contributed by atoms with Crippen LogP contribution in [0.5, 0.6) is 5.75 Å². The largest absolute Gasteiger partial charge is 0.496 e. The van der Waals surface area contributed by atoms with E-state index in [0.29, 0.717) is 13.0 Å². The first-order valence-corrected chi connectivity index (χ1v) is 5.64. The van der Waals surface area contributed by atoms with Gasteiger partial charge in [-0.3, -0.25) is 4.79 Å². The average Bonchev–Trinajstić information content (AvgIpc) is 2.30. The molecule has 1 N–H and O–H groups in total. The first kappa shape index (κ1) is 13.3. The minimum absolute atomic E-state index is 0.645. The normalized spacial score (nSPS) is 9.76. The van der Waals surface area contributed by atoms with Crippen molar-refractivity contribution >= 4 is 6.41 Å². The molecule has 0 heterocycles. The highest BCUT2D eigenvalue weighted by Crippen LogP contribution is 2.22. The second-order valence-corrected chi connectivity index (χ2v) is 4.10. The van der Waals surface area contributed by atoms with Crippen molar-refractivity contribution in [2.75, 3.05) is 13.7 Å². The van der Waals surface area contributed by atoms with Crippen molar-refractivity contribution in [3.05, 3.63) is 41.5 Å². The molecule has 0 bridgehead atoms. The van der Waals surface area contributed by atoms with E-state index >= 15 is 0 Å². The van der Waals surface area contributed by atoms with Crippen molar-refractivity contribution in [3.63, 3.8) is 0 Å². The van der Waals surface area contributed by atoms with Gasteiger partial charge in [0.25, 0.3) is 0 Å². The van der Waals surface area contributed by atoms with Gasteiger partial charge in [-0.15, -0.1) is 0 Å². The van der Waals surface area contributed by atoms with Crippen molar-refractivity contribution < 1.29 is 9.53 Å². The van der Waals surface area contributed by atoms with Crippen LogP contribution in [0.25, 0.3) is 0 Å². The van der Waals surface area contributed by atoms with Crippen LogP contribution in [0, 0.1) is 0 Å². The molecule has 0 aliphatic rings. The number of amides is 1. The molecule has 92 valence electrons. The average molecular weight is 233 g/mol. The van der Waals surface area contributed by atoms with Gasteiger partial charge in [-0.2, -0.15) is 0 Å². The highest BCUT2D eigenvalue weighted by molar-refractivity contribution is 5.46. The molecule has 0 atom stereocenters. The molecule has 1 rings (SSSR count). The van der Waals surface area contributed by atoms with E-state index in [0.717, 1.165) is 35.3 Å². The third-order valence-corrected chi connectivity index (χ3v) is 2.49.